The third-order valence-electron chi connectivity index (χ3n) is 12.3. The van der Waals surface area contributed by atoms with Crippen LogP contribution in [0.25, 0.3) is 0 Å². The summed E-state index contributed by atoms with van der Waals surface area (Å²) in [7, 11) is 0. The summed E-state index contributed by atoms with van der Waals surface area (Å²) in [5.41, 5.74) is 0. The lowest BCUT2D eigenvalue weighted by Gasteiger charge is -2.18. The number of carbonyl (C=O) groups excluding carboxylic acids is 3. The van der Waals surface area contributed by atoms with Gasteiger partial charge >= 0.3 is 17.9 Å². The standard InChI is InChI=1S/C60H106O6/c1-4-7-10-13-16-19-21-23-24-25-26-27-28-29-30-31-32-33-34-35-36-38-39-41-44-47-50-53-59(62)65-56-57(55-64-58(61)52-49-46-43-18-15-12-9-6-3)66-60(63)54-51-48-45-42-40-37-22-20-17-14-11-8-5-2/h8,11,17,20-21,23,25-26,37,40,57H,4-7,9-10,12-16,18-19,22,24,27-36,38-39,41-56H2,1-3H3/b11-8-,20-17-,23-21-,26-25-,40-37-. The monoisotopic (exact) mass is 923 g/mol. The lowest BCUT2D eigenvalue weighted by molar-refractivity contribution is -0.167. The molecule has 1 unspecified atom stereocenters. The molecule has 0 aliphatic carbocycles. The Morgan fingerprint density at radius 2 is 0.591 bits per heavy atom. The van der Waals surface area contributed by atoms with Crippen LogP contribution in [-0.2, 0) is 28.6 Å². The van der Waals surface area contributed by atoms with Crippen LogP contribution in [0.15, 0.2) is 60.8 Å². The van der Waals surface area contributed by atoms with Gasteiger partial charge in [0.25, 0.3) is 0 Å². The summed E-state index contributed by atoms with van der Waals surface area (Å²) in [6.45, 7) is 6.47. The first kappa shape index (κ1) is 63.1. The Bertz CT molecular complexity index is 1200. The highest BCUT2D eigenvalue weighted by Gasteiger charge is 2.19. The van der Waals surface area contributed by atoms with Crippen LogP contribution in [0.4, 0.5) is 0 Å². The maximum atomic E-state index is 12.8. The van der Waals surface area contributed by atoms with E-state index in [1.54, 1.807) is 0 Å². The normalized spacial score (nSPS) is 12.5. The molecule has 6 heteroatoms. The lowest BCUT2D eigenvalue weighted by atomic mass is 10.0. The third kappa shape index (κ3) is 52.1. The molecule has 1 atom stereocenters. The van der Waals surface area contributed by atoms with E-state index >= 15 is 0 Å². The average molecular weight is 924 g/mol. The van der Waals surface area contributed by atoms with Crippen molar-refractivity contribution in [3.05, 3.63) is 60.8 Å². The quantitative estimate of drug-likeness (QED) is 0.0262. The number of hydrogen-bond donors (Lipinski definition) is 0. The molecule has 0 saturated carbocycles. The van der Waals surface area contributed by atoms with Crippen LogP contribution in [0.2, 0.25) is 0 Å². The third-order valence-corrected chi connectivity index (χ3v) is 12.3. The summed E-state index contributed by atoms with van der Waals surface area (Å²) in [5, 5.41) is 0. The van der Waals surface area contributed by atoms with E-state index in [0.29, 0.717) is 19.3 Å². The van der Waals surface area contributed by atoms with Crippen molar-refractivity contribution in [3.8, 4) is 0 Å². The fourth-order valence-corrected chi connectivity index (χ4v) is 8.02. The zero-order valence-electron chi connectivity index (χ0n) is 43.7. The van der Waals surface area contributed by atoms with E-state index < -0.39 is 6.10 Å². The Kier molecular flexibility index (Phi) is 52.3. The molecule has 0 aliphatic rings. The van der Waals surface area contributed by atoms with Gasteiger partial charge in [0.15, 0.2) is 6.10 Å². The van der Waals surface area contributed by atoms with Crippen molar-refractivity contribution >= 4 is 17.9 Å². The summed E-state index contributed by atoms with van der Waals surface area (Å²) in [6.07, 6.45) is 68.1. The Morgan fingerprint density at radius 1 is 0.318 bits per heavy atom. The molecular weight excluding hydrogens is 817 g/mol. The van der Waals surface area contributed by atoms with Crippen LogP contribution in [0.1, 0.15) is 284 Å². The predicted octanol–water partition coefficient (Wildman–Crippen LogP) is 18.8. The number of carbonyl (C=O) groups is 3. The molecule has 0 aromatic rings. The van der Waals surface area contributed by atoms with Crippen LogP contribution < -0.4 is 0 Å². The molecule has 6 nitrogen and oxygen atoms in total. The minimum atomic E-state index is -0.785. The van der Waals surface area contributed by atoms with Crippen molar-refractivity contribution in [1.82, 2.24) is 0 Å². The highest BCUT2D eigenvalue weighted by molar-refractivity contribution is 5.71. The Balaban J connectivity index is 4.12. The molecule has 0 spiro atoms. The van der Waals surface area contributed by atoms with Gasteiger partial charge in [-0.2, -0.15) is 0 Å². The summed E-state index contributed by atoms with van der Waals surface area (Å²) in [4.78, 5) is 37.9. The second-order valence-corrected chi connectivity index (χ2v) is 18.8. The van der Waals surface area contributed by atoms with E-state index in [9.17, 15) is 14.4 Å². The molecule has 0 amide bonds. The maximum Gasteiger partial charge on any atom is 0.306 e. The summed E-state index contributed by atoms with van der Waals surface area (Å²) >= 11 is 0. The van der Waals surface area contributed by atoms with E-state index in [4.69, 9.17) is 14.2 Å². The Morgan fingerprint density at radius 3 is 0.939 bits per heavy atom. The van der Waals surface area contributed by atoms with Gasteiger partial charge in [-0.1, -0.05) is 242 Å². The molecule has 382 valence electrons. The van der Waals surface area contributed by atoms with Crippen molar-refractivity contribution in [2.24, 2.45) is 0 Å². The largest absolute Gasteiger partial charge is 0.462 e. The molecule has 66 heavy (non-hydrogen) atoms. The first-order chi connectivity index (χ1) is 32.5. The Labute approximate surface area is 409 Å². The number of allylic oxidation sites excluding steroid dienone is 10. The SMILES string of the molecule is CC/C=C\C/C=C\C/C=C\CCCCCC(=O)OC(COC(=O)CCCCCCCCCC)COC(=O)CCCCCCCCCCCCCCCCC/C=C\C/C=C\CCCCCCC. The molecule has 0 bridgehead atoms. The summed E-state index contributed by atoms with van der Waals surface area (Å²) in [6, 6.07) is 0. The zero-order chi connectivity index (χ0) is 47.9. The van der Waals surface area contributed by atoms with E-state index in [1.165, 1.54) is 154 Å². The van der Waals surface area contributed by atoms with Crippen molar-refractivity contribution in [3.63, 3.8) is 0 Å². The van der Waals surface area contributed by atoms with E-state index in [2.05, 4.69) is 81.5 Å². The molecule has 0 rings (SSSR count). The second-order valence-electron chi connectivity index (χ2n) is 18.8. The van der Waals surface area contributed by atoms with Crippen molar-refractivity contribution in [2.75, 3.05) is 13.2 Å². The van der Waals surface area contributed by atoms with Gasteiger partial charge in [0.2, 0.25) is 0 Å². The molecular formula is C60H106O6. The summed E-state index contributed by atoms with van der Waals surface area (Å²) in [5.74, 6) is -0.911. The number of rotatable bonds is 51. The van der Waals surface area contributed by atoms with Gasteiger partial charge in [-0.3, -0.25) is 14.4 Å². The van der Waals surface area contributed by atoms with Gasteiger partial charge in [0.1, 0.15) is 13.2 Å². The van der Waals surface area contributed by atoms with E-state index in [0.717, 1.165) is 89.9 Å². The van der Waals surface area contributed by atoms with Crippen LogP contribution in [-0.4, -0.2) is 37.2 Å². The fourth-order valence-electron chi connectivity index (χ4n) is 8.02. The Hall–Kier alpha value is -2.89. The van der Waals surface area contributed by atoms with Gasteiger partial charge < -0.3 is 14.2 Å². The number of unbranched alkanes of at least 4 members (excludes halogenated alkanes) is 30. The topological polar surface area (TPSA) is 78.9 Å². The second kappa shape index (κ2) is 54.7. The van der Waals surface area contributed by atoms with Gasteiger partial charge in [0.05, 0.1) is 0 Å². The first-order valence-corrected chi connectivity index (χ1v) is 28.3. The smallest absolute Gasteiger partial charge is 0.306 e. The van der Waals surface area contributed by atoms with Crippen molar-refractivity contribution < 1.29 is 28.6 Å². The van der Waals surface area contributed by atoms with E-state index in [-0.39, 0.29) is 31.1 Å². The van der Waals surface area contributed by atoms with Crippen LogP contribution in [0, 0.1) is 0 Å². The molecule has 0 heterocycles. The van der Waals surface area contributed by atoms with Crippen LogP contribution in [0.5, 0.6) is 0 Å². The number of ether oxygens (including phenoxy) is 3. The van der Waals surface area contributed by atoms with Crippen molar-refractivity contribution in [2.45, 2.75) is 290 Å². The van der Waals surface area contributed by atoms with Crippen molar-refractivity contribution in [1.29, 1.82) is 0 Å². The molecule has 0 aromatic heterocycles. The van der Waals surface area contributed by atoms with Crippen LogP contribution in [0.3, 0.4) is 0 Å². The van der Waals surface area contributed by atoms with Crippen LogP contribution >= 0.6 is 0 Å². The average Bonchev–Trinajstić information content (AvgIpc) is 3.31. The fraction of sp³-hybridized carbons (Fsp3) is 0.783. The summed E-state index contributed by atoms with van der Waals surface area (Å²) < 4.78 is 16.7. The predicted molar refractivity (Wildman–Crippen MR) is 284 cm³/mol. The molecule has 0 radical (unpaired) electrons. The number of esters is 3. The highest BCUT2D eigenvalue weighted by atomic mass is 16.6. The highest BCUT2D eigenvalue weighted by Crippen LogP contribution is 2.16. The van der Waals surface area contributed by atoms with Gasteiger partial charge in [-0.25, -0.2) is 0 Å². The minimum Gasteiger partial charge on any atom is -0.462 e. The minimum absolute atomic E-state index is 0.0839. The van der Waals surface area contributed by atoms with Gasteiger partial charge in [-0.15, -0.1) is 0 Å². The molecule has 0 aromatic carbocycles. The molecule has 0 saturated heterocycles. The molecule has 0 fully saturated rings. The zero-order valence-corrected chi connectivity index (χ0v) is 43.7. The number of hydrogen-bond acceptors (Lipinski definition) is 6. The lowest BCUT2D eigenvalue weighted by Crippen LogP contribution is -2.30. The van der Waals surface area contributed by atoms with Gasteiger partial charge in [-0.05, 0) is 83.5 Å². The maximum absolute atomic E-state index is 12.8. The first-order valence-electron chi connectivity index (χ1n) is 28.3. The molecule has 0 aliphatic heterocycles. The van der Waals surface area contributed by atoms with E-state index in [1.807, 2.05) is 0 Å². The van der Waals surface area contributed by atoms with Gasteiger partial charge in [0, 0.05) is 19.3 Å². The molecule has 0 N–H and O–H groups in total.